The molecule has 1 rings (SSSR count). The van der Waals surface area contributed by atoms with Gasteiger partial charge in [0.2, 0.25) is 0 Å². The molecule has 46 valence electrons. The van der Waals surface area contributed by atoms with Crippen LogP contribution in [0.1, 0.15) is 0 Å². The predicted octanol–water partition coefficient (Wildman–Crippen LogP) is 0.481. The molecule has 0 aromatic heterocycles. The van der Waals surface area contributed by atoms with Gasteiger partial charge >= 0.3 is 0 Å². The molecule has 0 saturated heterocycles. The first-order valence-corrected chi connectivity index (χ1v) is 2.86. The highest BCUT2D eigenvalue weighted by molar-refractivity contribution is 5.33. The van der Waals surface area contributed by atoms with Gasteiger partial charge in [-0.3, -0.25) is 0 Å². The molecule has 0 atom stereocenters. The van der Waals surface area contributed by atoms with Crippen LogP contribution in [0.3, 0.4) is 0 Å². The minimum Gasteiger partial charge on any atom is -0.140 e. The van der Waals surface area contributed by atoms with Gasteiger partial charge in [-0.05, 0) is 17.2 Å². The maximum Gasteiger partial charge on any atom is 0.156 e. The zero-order valence-electron chi connectivity index (χ0n) is 5.33. The van der Waals surface area contributed by atoms with Crippen molar-refractivity contribution in [2.24, 2.45) is 5.11 Å². The van der Waals surface area contributed by atoms with E-state index in [0.717, 1.165) is 5.69 Å². The number of hydrogen-bond acceptors (Lipinski definition) is 1. The van der Waals surface area contributed by atoms with Crippen molar-refractivity contribution in [1.29, 1.82) is 0 Å². The van der Waals surface area contributed by atoms with Crippen molar-refractivity contribution >= 4 is 5.69 Å². The lowest BCUT2D eigenvalue weighted by molar-refractivity contribution is -0.494. The molecule has 1 aromatic carbocycles. The van der Waals surface area contributed by atoms with Gasteiger partial charge in [-0.2, -0.15) is 0 Å². The molecule has 0 aliphatic carbocycles. The van der Waals surface area contributed by atoms with Crippen molar-refractivity contribution in [3.8, 4) is 0 Å². The largest absolute Gasteiger partial charge is 0.156 e. The number of nitrogens with zero attached hydrogens (tertiary/aromatic N) is 1. The molecule has 0 bridgehead atoms. The standard InChI is InChI=1S/C7H8N2/c1-8-9-7-5-3-2-4-6-7/h2-6H,1H3/p+1. The van der Waals surface area contributed by atoms with Crippen LogP contribution < -0.4 is 5.11 Å². The van der Waals surface area contributed by atoms with E-state index in [2.05, 4.69) is 10.2 Å². The van der Waals surface area contributed by atoms with Crippen molar-refractivity contribution in [1.82, 2.24) is 0 Å². The zero-order chi connectivity index (χ0) is 6.53. The van der Waals surface area contributed by atoms with Crippen LogP contribution in [0.5, 0.6) is 0 Å². The molecule has 0 heterocycles. The summed E-state index contributed by atoms with van der Waals surface area (Å²) in [6.45, 7) is 0. The van der Waals surface area contributed by atoms with Gasteiger partial charge in [0, 0.05) is 0 Å². The Kier molecular flexibility index (Phi) is 1.96. The number of rotatable bonds is 1. The molecule has 2 heteroatoms. The van der Waals surface area contributed by atoms with E-state index in [9.17, 15) is 0 Å². The van der Waals surface area contributed by atoms with Crippen LogP contribution in [0.25, 0.3) is 0 Å². The highest BCUT2D eigenvalue weighted by Crippen LogP contribution is 2.05. The highest BCUT2D eigenvalue weighted by Gasteiger charge is 1.84. The Bertz CT molecular complexity index is 191. The molecular formula is C7H9N2+. The van der Waals surface area contributed by atoms with Crippen LogP contribution in [0.4, 0.5) is 5.69 Å². The second kappa shape index (κ2) is 2.97. The van der Waals surface area contributed by atoms with Crippen LogP contribution >= 0.6 is 0 Å². The summed E-state index contributed by atoms with van der Waals surface area (Å²) in [5.74, 6) is 0. The maximum atomic E-state index is 3.96. The lowest BCUT2D eigenvalue weighted by Gasteiger charge is -1.81. The van der Waals surface area contributed by atoms with Crippen LogP contribution in [0.15, 0.2) is 35.4 Å². The molecule has 0 amide bonds. The number of azo groups is 1. The lowest BCUT2D eigenvalue weighted by Crippen LogP contribution is -2.58. The van der Waals surface area contributed by atoms with Crippen molar-refractivity contribution < 1.29 is 5.11 Å². The topological polar surface area (TPSA) is 26.3 Å². The monoisotopic (exact) mass is 121 g/mol. The summed E-state index contributed by atoms with van der Waals surface area (Å²) in [6, 6.07) is 9.76. The SMILES string of the molecule is C[NH+]=Nc1ccccc1. The molecule has 9 heavy (non-hydrogen) atoms. The van der Waals surface area contributed by atoms with Crippen LogP contribution in [0.2, 0.25) is 0 Å². The van der Waals surface area contributed by atoms with Crippen LogP contribution in [-0.4, -0.2) is 7.05 Å². The van der Waals surface area contributed by atoms with Crippen LogP contribution in [0, 0.1) is 0 Å². The van der Waals surface area contributed by atoms with E-state index in [0.29, 0.717) is 0 Å². The van der Waals surface area contributed by atoms with E-state index in [1.807, 2.05) is 30.3 Å². The summed E-state index contributed by atoms with van der Waals surface area (Å²) in [5.41, 5.74) is 0.958. The molecule has 1 N–H and O–H groups in total. The third-order valence-corrected chi connectivity index (χ3v) is 0.997. The van der Waals surface area contributed by atoms with Gasteiger partial charge in [0.15, 0.2) is 7.05 Å². The molecule has 1 aromatic rings. The fourth-order valence-corrected chi connectivity index (χ4v) is 0.632. The Morgan fingerprint density at radius 3 is 2.44 bits per heavy atom. The minimum atomic E-state index is 0.958. The number of hydrogen-bond donors (Lipinski definition) is 1. The molecule has 0 aliphatic rings. The number of benzene rings is 1. The van der Waals surface area contributed by atoms with Gasteiger partial charge in [-0.1, -0.05) is 18.2 Å². The first-order valence-electron chi connectivity index (χ1n) is 2.86. The van der Waals surface area contributed by atoms with E-state index in [-0.39, 0.29) is 0 Å². The molecule has 0 aliphatic heterocycles. The average Bonchev–Trinajstić information content (AvgIpc) is 1.91. The molecule has 0 radical (unpaired) electrons. The fraction of sp³-hybridized carbons (Fsp3) is 0.143. The molecule has 2 nitrogen and oxygen atoms in total. The van der Waals surface area contributed by atoms with Crippen molar-refractivity contribution in [3.63, 3.8) is 0 Å². The summed E-state index contributed by atoms with van der Waals surface area (Å²) in [6.07, 6.45) is 0. The van der Waals surface area contributed by atoms with Gasteiger partial charge < -0.3 is 0 Å². The Morgan fingerprint density at radius 1 is 1.22 bits per heavy atom. The van der Waals surface area contributed by atoms with Gasteiger partial charge in [0.05, 0.1) is 0 Å². The molecule has 0 spiro atoms. The van der Waals surface area contributed by atoms with E-state index >= 15 is 0 Å². The van der Waals surface area contributed by atoms with Crippen molar-refractivity contribution in [3.05, 3.63) is 30.3 Å². The van der Waals surface area contributed by atoms with Crippen molar-refractivity contribution in [2.75, 3.05) is 7.05 Å². The number of nitrogens with one attached hydrogen (secondary N) is 1. The molecular weight excluding hydrogens is 112 g/mol. The predicted molar refractivity (Wildman–Crippen MR) is 35.4 cm³/mol. The fourth-order valence-electron chi connectivity index (χ4n) is 0.632. The van der Waals surface area contributed by atoms with E-state index < -0.39 is 0 Å². The Morgan fingerprint density at radius 2 is 1.89 bits per heavy atom. The minimum absolute atomic E-state index is 0.958. The molecule has 0 fully saturated rings. The summed E-state index contributed by atoms with van der Waals surface area (Å²) < 4.78 is 0. The quantitative estimate of drug-likeness (QED) is 0.523. The molecule has 0 unspecified atom stereocenters. The van der Waals surface area contributed by atoms with Gasteiger partial charge in [0.1, 0.15) is 5.69 Å². The van der Waals surface area contributed by atoms with E-state index in [1.54, 1.807) is 7.05 Å². The lowest BCUT2D eigenvalue weighted by atomic mass is 10.3. The Labute approximate surface area is 54.2 Å². The summed E-state index contributed by atoms with van der Waals surface area (Å²) >= 11 is 0. The van der Waals surface area contributed by atoms with E-state index in [1.165, 1.54) is 0 Å². The first-order chi connectivity index (χ1) is 4.43. The second-order valence-corrected chi connectivity index (χ2v) is 1.67. The van der Waals surface area contributed by atoms with Crippen LogP contribution in [-0.2, 0) is 0 Å². The first kappa shape index (κ1) is 5.95. The zero-order valence-corrected chi connectivity index (χ0v) is 5.33. The maximum absolute atomic E-state index is 3.96. The normalized spacial score (nSPS) is 10.3. The van der Waals surface area contributed by atoms with E-state index in [4.69, 9.17) is 0 Å². The van der Waals surface area contributed by atoms with Gasteiger partial charge in [-0.25, -0.2) is 0 Å². The van der Waals surface area contributed by atoms with Gasteiger partial charge in [-0.15, -0.1) is 5.11 Å². The van der Waals surface area contributed by atoms with Crippen molar-refractivity contribution in [2.45, 2.75) is 0 Å². The summed E-state index contributed by atoms with van der Waals surface area (Å²) in [4.78, 5) is 0. The summed E-state index contributed by atoms with van der Waals surface area (Å²) in [5, 5.41) is 6.67. The summed E-state index contributed by atoms with van der Waals surface area (Å²) in [7, 11) is 1.78. The smallest absolute Gasteiger partial charge is 0.140 e. The Hall–Kier alpha value is -1.18. The average molecular weight is 121 g/mol. The Balaban J connectivity index is 2.85. The number of para-hydroxylation sites is 1. The third-order valence-electron chi connectivity index (χ3n) is 0.997. The third kappa shape index (κ3) is 1.64. The highest BCUT2D eigenvalue weighted by atomic mass is 15.1. The molecule has 0 saturated carbocycles. The second-order valence-electron chi connectivity index (χ2n) is 1.67. The van der Waals surface area contributed by atoms with Gasteiger partial charge in [0.25, 0.3) is 0 Å².